The monoisotopic (exact) mass is 536 g/mol. The molecule has 0 aliphatic carbocycles. The van der Waals surface area contributed by atoms with Gasteiger partial charge in [0.25, 0.3) is 5.88 Å². The number of hydrogen-bond acceptors (Lipinski definition) is 7. The fourth-order valence-corrected chi connectivity index (χ4v) is 4.45. The van der Waals surface area contributed by atoms with E-state index in [1.54, 1.807) is 6.07 Å². The standard InChI is InChI=1S/C22H27F3N2O6.Zn/c23-22(24,25)14-32-16-2-1-3-17-18(16)19(26-33-17)31-12-15-4-8-27(9-5-15)13-21(20(28)29)6-10-30-11-7-21;/h1-3,15H,4-14H2,(H,28,29);. The average Bonchev–Trinajstić information content (AvgIpc) is 3.21. The van der Waals surface area contributed by atoms with Crippen LogP contribution in [0.15, 0.2) is 22.7 Å². The van der Waals surface area contributed by atoms with Gasteiger partial charge in [0.15, 0.2) is 12.2 Å². The molecule has 0 bridgehead atoms. The summed E-state index contributed by atoms with van der Waals surface area (Å²) in [6.07, 6.45) is -1.79. The number of fused-ring (bicyclic) bond motifs is 1. The van der Waals surface area contributed by atoms with Gasteiger partial charge in [-0.25, -0.2) is 0 Å². The molecule has 2 aromatic rings. The number of benzene rings is 1. The minimum Gasteiger partial charge on any atom is -0.483 e. The molecule has 0 spiro atoms. The quantitative estimate of drug-likeness (QED) is 0.509. The molecule has 8 nitrogen and oxygen atoms in total. The van der Waals surface area contributed by atoms with E-state index in [0.29, 0.717) is 39.2 Å². The van der Waals surface area contributed by atoms with E-state index in [9.17, 15) is 23.1 Å². The molecule has 184 valence electrons. The second kappa shape index (κ2) is 11.2. The molecule has 0 radical (unpaired) electrons. The number of rotatable bonds is 8. The molecule has 1 aromatic carbocycles. The first-order valence-corrected chi connectivity index (χ1v) is 11.0. The topological polar surface area (TPSA) is 94.3 Å². The van der Waals surface area contributed by atoms with E-state index in [1.165, 1.54) is 12.1 Å². The third kappa shape index (κ3) is 6.40. The van der Waals surface area contributed by atoms with Crippen LogP contribution in [0.4, 0.5) is 13.2 Å². The van der Waals surface area contributed by atoms with Gasteiger partial charge >= 0.3 is 12.1 Å². The van der Waals surface area contributed by atoms with Crippen LogP contribution in [0.2, 0.25) is 0 Å². The Kier molecular flexibility index (Phi) is 8.81. The molecule has 2 saturated heterocycles. The summed E-state index contributed by atoms with van der Waals surface area (Å²) < 4.78 is 59.0. The van der Waals surface area contributed by atoms with Crippen molar-refractivity contribution < 1.29 is 61.3 Å². The average molecular weight is 538 g/mol. The molecule has 4 rings (SSSR count). The van der Waals surface area contributed by atoms with Crippen LogP contribution in [0.25, 0.3) is 11.0 Å². The second-order valence-corrected chi connectivity index (χ2v) is 8.75. The third-order valence-electron chi connectivity index (χ3n) is 6.41. The number of carboxylic acid groups (broad SMARTS) is 1. The van der Waals surface area contributed by atoms with Crippen molar-refractivity contribution in [1.29, 1.82) is 0 Å². The van der Waals surface area contributed by atoms with Gasteiger partial charge in [-0.2, -0.15) is 13.2 Å². The number of nitrogens with zero attached hydrogens (tertiary/aromatic N) is 2. The van der Waals surface area contributed by atoms with E-state index in [-0.39, 0.29) is 48.0 Å². The summed E-state index contributed by atoms with van der Waals surface area (Å²) in [6, 6.07) is 4.54. The van der Waals surface area contributed by atoms with Crippen LogP contribution in [0.1, 0.15) is 25.7 Å². The molecule has 1 aromatic heterocycles. The van der Waals surface area contributed by atoms with Gasteiger partial charge in [0.1, 0.15) is 11.1 Å². The largest absolute Gasteiger partial charge is 0.483 e. The summed E-state index contributed by atoms with van der Waals surface area (Å²) in [5.41, 5.74) is -0.469. The number of aromatic nitrogens is 1. The molecule has 2 aliphatic rings. The number of halogens is 3. The van der Waals surface area contributed by atoms with Crippen molar-refractivity contribution in [3.63, 3.8) is 0 Å². The van der Waals surface area contributed by atoms with Crippen molar-refractivity contribution in [2.24, 2.45) is 11.3 Å². The molecule has 2 fully saturated rings. The van der Waals surface area contributed by atoms with Gasteiger partial charge in [-0.3, -0.25) is 4.79 Å². The van der Waals surface area contributed by atoms with Crippen LogP contribution in [0, 0.1) is 11.3 Å². The number of aliphatic carboxylic acids is 1. The zero-order valence-corrected chi connectivity index (χ0v) is 21.8. The van der Waals surface area contributed by atoms with Gasteiger partial charge in [0, 0.05) is 39.2 Å². The molecule has 3 heterocycles. The zero-order valence-electron chi connectivity index (χ0n) is 18.8. The molecule has 1 N–H and O–H groups in total. The van der Waals surface area contributed by atoms with Crippen LogP contribution in [0.5, 0.6) is 11.6 Å². The third-order valence-corrected chi connectivity index (χ3v) is 6.41. The predicted molar refractivity (Wildman–Crippen MR) is 110 cm³/mol. The fourth-order valence-electron chi connectivity index (χ4n) is 4.45. The summed E-state index contributed by atoms with van der Waals surface area (Å²) in [4.78, 5) is 14.1. The van der Waals surface area contributed by atoms with Crippen LogP contribution in [-0.2, 0) is 29.0 Å². The van der Waals surface area contributed by atoms with E-state index in [2.05, 4.69) is 10.1 Å². The van der Waals surface area contributed by atoms with Crippen molar-refractivity contribution in [2.75, 3.05) is 46.1 Å². The van der Waals surface area contributed by atoms with Crippen LogP contribution < -0.4 is 9.47 Å². The first kappa shape index (κ1) is 26.7. The van der Waals surface area contributed by atoms with E-state index < -0.39 is 24.2 Å². The molecular weight excluding hydrogens is 511 g/mol. The summed E-state index contributed by atoms with van der Waals surface area (Å²) in [5, 5.41) is 13.9. The summed E-state index contributed by atoms with van der Waals surface area (Å²) >= 11 is 0. The van der Waals surface area contributed by atoms with Crippen molar-refractivity contribution >= 4 is 16.9 Å². The molecule has 2 aliphatic heterocycles. The van der Waals surface area contributed by atoms with Gasteiger partial charge in [-0.15, -0.1) is 0 Å². The SMILES string of the molecule is O=C(O)C1(CN2CCC(COc3noc4cccc(OCC(F)(F)F)c34)CC2)CCOCC1.[Zn]. The van der Waals surface area contributed by atoms with Gasteiger partial charge in [-0.05, 0) is 62.0 Å². The Morgan fingerprint density at radius 1 is 1.21 bits per heavy atom. The van der Waals surface area contributed by atoms with E-state index >= 15 is 0 Å². The molecule has 0 unspecified atom stereocenters. The molecular formula is C22H27F3N2O6Zn. The molecule has 34 heavy (non-hydrogen) atoms. The maximum atomic E-state index is 12.6. The maximum absolute atomic E-state index is 12.6. The van der Waals surface area contributed by atoms with Crippen molar-refractivity contribution in [3.8, 4) is 11.6 Å². The fraction of sp³-hybridized carbons (Fsp3) is 0.636. The summed E-state index contributed by atoms with van der Waals surface area (Å²) in [5.74, 6) is -0.437. The first-order valence-electron chi connectivity index (χ1n) is 11.0. The van der Waals surface area contributed by atoms with E-state index in [0.717, 1.165) is 25.9 Å². The minimum absolute atomic E-state index is 0. The summed E-state index contributed by atoms with van der Waals surface area (Å²) in [7, 11) is 0. The summed E-state index contributed by atoms with van der Waals surface area (Å²) in [6.45, 7) is 1.87. The van der Waals surface area contributed by atoms with E-state index in [4.69, 9.17) is 18.7 Å². The normalized spacial score (nSPS) is 19.5. The number of hydrogen-bond donors (Lipinski definition) is 1. The second-order valence-electron chi connectivity index (χ2n) is 8.75. The Morgan fingerprint density at radius 2 is 1.91 bits per heavy atom. The van der Waals surface area contributed by atoms with Crippen LogP contribution in [-0.4, -0.2) is 73.4 Å². The molecule has 0 amide bonds. The zero-order chi connectivity index (χ0) is 23.5. The van der Waals surface area contributed by atoms with Gasteiger partial charge in [-0.1, -0.05) is 6.07 Å². The predicted octanol–water partition coefficient (Wildman–Crippen LogP) is 3.74. The van der Waals surface area contributed by atoms with Crippen LogP contribution >= 0.6 is 0 Å². The van der Waals surface area contributed by atoms with Gasteiger partial charge in [0.2, 0.25) is 0 Å². The van der Waals surface area contributed by atoms with Crippen molar-refractivity contribution in [2.45, 2.75) is 31.9 Å². The first-order chi connectivity index (χ1) is 15.8. The van der Waals surface area contributed by atoms with Gasteiger partial charge in [0.05, 0.1) is 12.0 Å². The van der Waals surface area contributed by atoms with Crippen molar-refractivity contribution in [1.82, 2.24) is 10.1 Å². The Labute approximate surface area is 207 Å². The molecule has 0 saturated carbocycles. The number of carbonyl (C=O) groups is 1. The number of ether oxygens (including phenoxy) is 3. The van der Waals surface area contributed by atoms with Gasteiger partial charge < -0.3 is 28.7 Å². The Balaban J connectivity index is 0.00000324. The van der Waals surface area contributed by atoms with E-state index in [1.807, 2.05) is 0 Å². The van der Waals surface area contributed by atoms with Crippen LogP contribution in [0.3, 0.4) is 0 Å². The minimum atomic E-state index is -4.46. The number of piperidine rings is 1. The number of carboxylic acids is 1. The van der Waals surface area contributed by atoms with Crippen molar-refractivity contribution in [3.05, 3.63) is 18.2 Å². The Bertz CT molecular complexity index is 956. The number of likely N-dealkylation sites (tertiary alicyclic amines) is 1. The molecule has 0 atom stereocenters. The number of alkyl halides is 3. The molecule has 12 heteroatoms. The smallest absolute Gasteiger partial charge is 0.422 e. The maximum Gasteiger partial charge on any atom is 0.422 e. The Morgan fingerprint density at radius 3 is 2.56 bits per heavy atom. The Hall–Kier alpha value is -1.91.